The highest BCUT2D eigenvalue weighted by molar-refractivity contribution is 6.06. The van der Waals surface area contributed by atoms with Crippen LogP contribution in [0.25, 0.3) is 22.2 Å². The highest BCUT2D eigenvalue weighted by atomic mass is 16.5. The molecule has 218 valence electrons. The van der Waals surface area contributed by atoms with Crippen LogP contribution in [-0.2, 0) is 11.8 Å². The normalized spacial score (nSPS) is 15.3. The van der Waals surface area contributed by atoms with Crippen molar-refractivity contribution in [2.45, 2.75) is 26.7 Å². The summed E-state index contributed by atoms with van der Waals surface area (Å²) in [6, 6.07) is 5.68. The number of carbonyl (C=O) groups excluding carboxylic acids is 1. The van der Waals surface area contributed by atoms with Gasteiger partial charge in [0.05, 0.1) is 42.8 Å². The van der Waals surface area contributed by atoms with Gasteiger partial charge in [-0.05, 0) is 44.4 Å². The summed E-state index contributed by atoms with van der Waals surface area (Å²) >= 11 is 0. The van der Waals surface area contributed by atoms with Crippen LogP contribution in [0.5, 0.6) is 5.75 Å². The third kappa shape index (κ3) is 4.83. The first kappa shape index (κ1) is 27.6. The molecule has 0 radical (unpaired) electrons. The number of hydrogen-bond acceptors (Lipinski definition) is 9. The van der Waals surface area contributed by atoms with E-state index in [4.69, 9.17) is 24.9 Å². The number of methoxy groups -OCH3 is 1. The molecule has 2 aliphatic heterocycles. The predicted octanol–water partition coefficient (Wildman–Crippen LogP) is 4.47. The number of carbonyl (C=O) groups is 1. The minimum absolute atomic E-state index is 0.0667. The van der Waals surface area contributed by atoms with Crippen molar-refractivity contribution in [1.82, 2.24) is 24.4 Å². The lowest BCUT2D eigenvalue weighted by molar-refractivity contribution is 0.0783. The first-order valence-electron chi connectivity index (χ1n) is 14.3. The van der Waals surface area contributed by atoms with Crippen LogP contribution in [0, 0.1) is 19.3 Å². The zero-order valence-electron chi connectivity index (χ0n) is 24.5. The molecule has 2 saturated heterocycles. The number of nitrogens with zero attached hydrogens (tertiary/aromatic N) is 6. The van der Waals surface area contributed by atoms with E-state index < -0.39 is 0 Å². The van der Waals surface area contributed by atoms with Gasteiger partial charge in [-0.2, -0.15) is 0 Å². The largest absolute Gasteiger partial charge is 0.496 e. The van der Waals surface area contributed by atoms with E-state index in [0.717, 1.165) is 53.8 Å². The summed E-state index contributed by atoms with van der Waals surface area (Å²) in [7, 11) is 3.57. The number of pyridine rings is 3. The topological polar surface area (TPSA) is 121 Å². The molecule has 0 saturated carbocycles. The fourth-order valence-electron chi connectivity index (χ4n) is 6.07. The summed E-state index contributed by atoms with van der Waals surface area (Å²) < 4.78 is 13.2. The molecule has 0 spiro atoms. The lowest BCUT2D eigenvalue weighted by Gasteiger charge is -2.29. The second-order valence-corrected chi connectivity index (χ2v) is 10.8. The van der Waals surface area contributed by atoms with E-state index in [1.54, 1.807) is 25.6 Å². The van der Waals surface area contributed by atoms with Crippen molar-refractivity contribution in [3.63, 3.8) is 0 Å². The Morgan fingerprint density at radius 2 is 1.88 bits per heavy atom. The molecule has 1 amide bonds. The van der Waals surface area contributed by atoms with Crippen molar-refractivity contribution in [2.24, 2.45) is 7.05 Å². The number of aryl methyl sites for hydroxylation is 3. The minimum atomic E-state index is 0.0667. The van der Waals surface area contributed by atoms with Crippen molar-refractivity contribution in [3.8, 4) is 17.0 Å². The Bertz CT molecular complexity index is 1670. The number of ether oxygens (including phenoxy) is 2. The Morgan fingerprint density at radius 3 is 2.60 bits per heavy atom. The van der Waals surface area contributed by atoms with Gasteiger partial charge in [-0.3, -0.25) is 14.8 Å². The monoisotopic (exact) mass is 568 g/mol. The molecule has 11 nitrogen and oxygen atoms in total. The second kappa shape index (κ2) is 11.4. The van der Waals surface area contributed by atoms with Crippen LogP contribution < -0.4 is 15.0 Å². The van der Waals surface area contributed by atoms with E-state index in [1.165, 1.54) is 6.21 Å². The molecule has 6 heterocycles. The van der Waals surface area contributed by atoms with E-state index >= 15 is 0 Å². The molecule has 42 heavy (non-hydrogen) atoms. The van der Waals surface area contributed by atoms with Gasteiger partial charge in [0.2, 0.25) is 0 Å². The zero-order valence-corrected chi connectivity index (χ0v) is 24.5. The number of amides is 1. The fourth-order valence-corrected chi connectivity index (χ4v) is 6.07. The maximum Gasteiger partial charge on any atom is 0.270 e. The third-order valence-corrected chi connectivity index (χ3v) is 8.25. The molecule has 2 fully saturated rings. The number of anilines is 3. The van der Waals surface area contributed by atoms with E-state index in [9.17, 15) is 4.79 Å². The minimum Gasteiger partial charge on any atom is -0.496 e. The van der Waals surface area contributed by atoms with Gasteiger partial charge in [0.1, 0.15) is 23.1 Å². The SMILES string of the molecule is COc1ccncc1-c1cc(Nc2cc3c(c(N4CCOCC4)n2)c(C)c(C(=O)N2CCCC2)n3C)c(C=N)c(C)n1. The summed E-state index contributed by atoms with van der Waals surface area (Å²) in [4.78, 5) is 32.0. The molecular weight excluding hydrogens is 532 g/mol. The van der Waals surface area contributed by atoms with Crippen LogP contribution in [0.4, 0.5) is 17.3 Å². The summed E-state index contributed by atoms with van der Waals surface area (Å²) in [5, 5.41) is 12.6. The van der Waals surface area contributed by atoms with E-state index in [0.29, 0.717) is 66.2 Å². The van der Waals surface area contributed by atoms with Crippen LogP contribution in [-0.4, -0.2) is 83.0 Å². The van der Waals surface area contributed by atoms with E-state index in [2.05, 4.69) is 15.2 Å². The Labute approximate surface area is 245 Å². The molecule has 4 aromatic heterocycles. The molecule has 0 aliphatic carbocycles. The fraction of sp³-hybridized carbons (Fsp3) is 0.387. The highest BCUT2D eigenvalue weighted by Crippen LogP contribution is 2.37. The van der Waals surface area contributed by atoms with Gasteiger partial charge in [-0.1, -0.05) is 0 Å². The molecule has 6 rings (SSSR count). The molecular formula is C31H36N8O3. The molecule has 4 aromatic rings. The van der Waals surface area contributed by atoms with Gasteiger partial charge in [0.25, 0.3) is 5.91 Å². The summed E-state index contributed by atoms with van der Waals surface area (Å²) in [5.74, 6) is 2.16. The van der Waals surface area contributed by atoms with Crippen molar-refractivity contribution in [3.05, 3.63) is 53.1 Å². The standard InChI is InChI=1S/C31H36N8O3/c1-19-28-25(37(3)29(19)31(40)39-9-5-6-10-39)16-27(36-30(28)38-11-13-42-14-12-38)35-23-15-24(34-20(2)21(23)17-32)22-18-33-8-7-26(22)41-4/h7-8,15-18,32H,5-6,9-14H2,1-4H3,(H,34,35,36). The Kier molecular flexibility index (Phi) is 7.51. The van der Waals surface area contributed by atoms with Crippen LogP contribution in [0.2, 0.25) is 0 Å². The maximum atomic E-state index is 13.7. The molecule has 2 aliphatic rings. The number of nitrogens with one attached hydrogen (secondary N) is 2. The lowest BCUT2D eigenvalue weighted by Crippen LogP contribution is -2.37. The van der Waals surface area contributed by atoms with Gasteiger partial charge in [-0.15, -0.1) is 0 Å². The van der Waals surface area contributed by atoms with Crippen LogP contribution in [0.3, 0.4) is 0 Å². The number of hydrogen-bond donors (Lipinski definition) is 2. The maximum absolute atomic E-state index is 13.7. The Morgan fingerprint density at radius 1 is 1.12 bits per heavy atom. The average molecular weight is 569 g/mol. The number of aromatic nitrogens is 4. The van der Waals surface area contributed by atoms with Gasteiger partial charge < -0.3 is 34.6 Å². The second-order valence-electron chi connectivity index (χ2n) is 10.8. The van der Waals surface area contributed by atoms with Crippen molar-refractivity contribution in [1.29, 1.82) is 5.41 Å². The molecule has 0 bridgehead atoms. The van der Waals surface area contributed by atoms with Gasteiger partial charge >= 0.3 is 0 Å². The van der Waals surface area contributed by atoms with Gasteiger partial charge in [0, 0.05) is 74.5 Å². The number of fused-ring (bicyclic) bond motifs is 1. The molecule has 2 N–H and O–H groups in total. The number of likely N-dealkylation sites (tertiary alicyclic amines) is 1. The van der Waals surface area contributed by atoms with Gasteiger partial charge in [-0.25, -0.2) is 4.98 Å². The van der Waals surface area contributed by atoms with Crippen LogP contribution in [0.15, 0.2) is 30.6 Å². The molecule has 0 atom stereocenters. The number of rotatable bonds is 7. The first-order chi connectivity index (χ1) is 20.4. The first-order valence-corrected chi connectivity index (χ1v) is 14.3. The quantitative estimate of drug-likeness (QED) is 0.313. The molecule has 11 heteroatoms. The third-order valence-electron chi connectivity index (χ3n) is 8.25. The van der Waals surface area contributed by atoms with Gasteiger partial charge in [0.15, 0.2) is 0 Å². The van der Waals surface area contributed by atoms with Crippen molar-refractivity contribution < 1.29 is 14.3 Å². The summed E-state index contributed by atoms with van der Waals surface area (Å²) in [5.41, 5.74) is 6.03. The lowest BCUT2D eigenvalue weighted by atomic mass is 10.1. The van der Waals surface area contributed by atoms with Crippen molar-refractivity contribution >= 4 is 40.3 Å². The molecule has 0 unspecified atom stereocenters. The molecule has 0 aromatic carbocycles. The highest BCUT2D eigenvalue weighted by Gasteiger charge is 2.29. The van der Waals surface area contributed by atoms with Crippen LogP contribution in [0.1, 0.15) is 40.2 Å². The van der Waals surface area contributed by atoms with Crippen molar-refractivity contribution in [2.75, 3.05) is 56.7 Å². The smallest absolute Gasteiger partial charge is 0.270 e. The summed E-state index contributed by atoms with van der Waals surface area (Å²) in [6.45, 7) is 8.13. The average Bonchev–Trinajstić information content (AvgIpc) is 3.64. The van der Waals surface area contributed by atoms with Crippen LogP contribution >= 0.6 is 0 Å². The van der Waals surface area contributed by atoms with E-state index in [1.807, 2.05) is 42.5 Å². The zero-order chi connectivity index (χ0) is 29.4. The van der Waals surface area contributed by atoms with E-state index in [-0.39, 0.29) is 5.91 Å². The Hall–Kier alpha value is -4.51. The number of morpholine rings is 1. The Balaban J connectivity index is 1.50. The summed E-state index contributed by atoms with van der Waals surface area (Å²) in [6.07, 6.45) is 6.78. The predicted molar refractivity (Wildman–Crippen MR) is 164 cm³/mol.